The Hall–Kier alpha value is -0.730. The van der Waals surface area contributed by atoms with Crippen molar-refractivity contribution >= 4 is 17.3 Å². The van der Waals surface area contributed by atoms with Gasteiger partial charge in [-0.05, 0) is 55.4 Å². The first-order valence-corrected chi connectivity index (χ1v) is 7.77. The van der Waals surface area contributed by atoms with Gasteiger partial charge in [-0.15, -0.1) is 0 Å². The van der Waals surface area contributed by atoms with Crippen molar-refractivity contribution in [3.05, 3.63) is 28.8 Å². The van der Waals surface area contributed by atoms with Gasteiger partial charge in [0.05, 0.1) is 0 Å². The van der Waals surface area contributed by atoms with E-state index < -0.39 is 0 Å². The maximum absolute atomic E-state index is 6.15. The van der Waals surface area contributed by atoms with Crippen LogP contribution >= 0.6 is 11.6 Å². The van der Waals surface area contributed by atoms with Crippen LogP contribution < -0.4 is 10.6 Å². The molecule has 0 radical (unpaired) electrons. The molecule has 0 bridgehead atoms. The van der Waals surface area contributed by atoms with Crippen molar-refractivity contribution in [3.8, 4) is 0 Å². The molecule has 1 fully saturated rings. The first-order chi connectivity index (χ1) is 9.10. The number of halogens is 1. The molecule has 1 heterocycles. The van der Waals surface area contributed by atoms with Gasteiger partial charge in [0.25, 0.3) is 0 Å². The third-order valence-corrected chi connectivity index (χ3v) is 4.41. The molecule has 3 heteroatoms. The molecule has 2 rings (SSSR count). The van der Waals surface area contributed by atoms with Crippen LogP contribution in [0.5, 0.6) is 0 Å². The molecule has 19 heavy (non-hydrogen) atoms. The van der Waals surface area contributed by atoms with Crippen molar-refractivity contribution in [1.82, 2.24) is 0 Å². The summed E-state index contributed by atoms with van der Waals surface area (Å²) in [6.45, 7) is 6.78. The molecule has 1 atom stereocenters. The van der Waals surface area contributed by atoms with Gasteiger partial charge in [-0.3, -0.25) is 0 Å². The summed E-state index contributed by atoms with van der Waals surface area (Å²) in [6, 6.07) is 6.47. The van der Waals surface area contributed by atoms with Crippen molar-refractivity contribution in [2.45, 2.75) is 45.6 Å². The van der Waals surface area contributed by atoms with Gasteiger partial charge in [-0.25, -0.2) is 0 Å². The van der Waals surface area contributed by atoms with E-state index in [2.05, 4.69) is 30.9 Å². The van der Waals surface area contributed by atoms with Crippen molar-refractivity contribution < 1.29 is 0 Å². The van der Waals surface area contributed by atoms with Crippen LogP contribution in [0.3, 0.4) is 0 Å². The fourth-order valence-electron chi connectivity index (χ4n) is 2.70. The third kappa shape index (κ3) is 3.87. The van der Waals surface area contributed by atoms with E-state index in [0.717, 1.165) is 36.9 Å². The summed E-state index contributed by atoms with van der Waals surface area (Å²) in [6.07, 6.45) is 4.48. The summed E-state index contributed by atoms with van der Waals surface area (Å²) >= 11 is 6.15. The molecule has 0 saturated carbocycles. The van der Waals surface area contributed by atoms with E-state index in [1.165, 1.54) is 24.1 Å². The standard InChI is InChI=1S/C16H25ClN2/c1-3-15(18)11-13-10-14(17)4-5-16(13)19-8-6-12(2)7-9-19/h4-5,10,12,15H,3,6-9,11,18H2,1-2H3. The second kappa shape index (κ2) is 6.62. The van der Waals surface area contributed by atoms with Crippen LogP contribution in [0, 0.1) is 5.92 Å². The minimum atomic E-state index is 0.223. The minimum absolute atomic E-state index is 0.223. The maximum atomic E-state index is 6.15. The van der Waals surface area contributed by atoms with Crippen LogP contribution in [0.2, 0.25) is 5.02 Å². The monoisotopic (exact) mass is 280 g/mol. The second-order valence-corrected chi connectivity index (χ2v) is 6.25. The number of piperidine rings is 1. The number of nitrogens with zero attached hydrogens (tertiary/aromatic N) is 1. The normalized spacial score (nSPS) is 18.6. The second-order valence-electron chi connectivity index (χ2n) is 5.82. The summed E-state index contributed by atoms with van der Waals surface area (Å²) in [4.78, 5) is 2.49. The van der Waals surface area contributed by atoms with Crippen LogP contribution in [0.15, 0.2) is 18.2 Å². The van der Waals surface area contributed by atoms with Crippen molar-refractivity contribution in [3.63, 3.8) is 0 Å². The molecule has 1 saturated heterocycles. The Labute approximate surface area is 121 Å². The number of hydrogen-bond acceptors (Lipinski definition) is 2. The van der Waals surface area contributed by atoms with Gasteiger partial charge in [-0.1, -0.05) is 25.4 Å². The highest BCUT2D eigenvalue weighted by Gasteiger charge is 2.19. The highest BCUT2D eigenvalue weighted by Crippen LogP contribution is 2.29. The number of rotatable bonds is 4. The summed E-state index contributed by atoms with van der Waals surface area (Å²) < 4.78 is 0. The van der Waals surface area contributed by atoms with Crippen molar-refractivity contribution in [2.75, 3.05) is 18.0 Å². The van der Waals surface area contributed by atoms with Gasteiger partial charge in [0.2, 0.25) is 0 Å². The summed E-state index contributed by atoms with van der Waals surface area (Å²) in [7, 11) is 0. The van der Waals surface area contributed by atoms with E-state index >= 15 is 0 Å². The minimum Gasteiger partial charge on any atom is -0.371 e. The van der Waals surface area contributed by atoms with Gasteiger partial charge in [0.1, 0.15) is 0 Å². The Kier molecular flexibility index (Phi) is 5.12. The first kappa shape index (κ1) is 14.7. The van der Waals surface area contributed by atoms with Gasteiger partial charge in [0, 0.05) is 29.8 Å². The van der Waals surface area contributed by atoms with Gasteiger partial charge >= 0.3 is 0 Å². The molecule has 1 aliphatic heterocycles. The topological polar surface area (TPSA) is 29.3 Å². The lowest BCUT2D eigenvalue weighted by Crippen LogP contribution is -2.34. The van der Waals surface area contributed by atoms with Crippen molar-refractivity contribution in [1.29, 1.82) is 0 Å². The predicted octanol–water partition coefficient (Wildman–Crippen LogP) is 3.86. The van der Waals surface area contributed by atoms with Crippen LogP contribution in [-0.4, -0.2) is 19.1 Å². The number of hydrogen-bond donors (Lipinski definition) is 1. The lowest BCUT2D eigenvalue weighted by molar-refractivity contribution is 0.437. The largest absolute Gasteiger partial charge is 0.371 e. The molecule has 1 unspecified atom stereocenters. The van der Waals surface area contributed by atoms with E-state index in [-0.39, 0.29) is 6.04 Å². The molecular weight excluding hydrogens is 256 g/mol. The third-order valence-electron chi connectivity index (χ3n) is 4.17. The van der Waals surface area contributed by atoms with Gasteiger partial charge < -0.3 is 10.6 Å². The molecule has 0 aliphatic carbocycles. The summed E-state index contributed by atoms with van der Waals surface area (Å²) in [5, 5.41) is 0.812. The summed E-state index contributed by atoms with van der Waals surface area (Å²) in [5.74, 6) is 0.852. The van der Waals surface area contributed by atoms with Crippen LogP contribution in [0.4, 0.5) is 5.69 Å². The van der Waals surface area contributed by atoms with E-state index in [1.54, 1.807) is 0 Å². The Morgan fingerprint density at radius 1 is 1.37 bits per heavy atom. The molecule has 0 amide bonds. The molecule has 1 aliphatic rings. The van der Waals surface area contributed by atoms with Crippen LogP contribution in [0.1, 0.15) is 38.7 Å². The van der Waals surface area contributed by atoms with Gasteiger partial charge in [-0.2, -0.15) is 0 Å². The predicted molar refractivity (Wildman–Crippen MR) is 84.0 cm³/mol. The molecule has 2 N–H and O–H groups in total. The molecule has 1 aromatic rings. The Morgan fingerprint density at radius 3 is 2.68 bits per heavy atom. The summed E-state index contributed by atoms with van der Waals surface area (Å²) in [5.41, 5.74) is 8.75. The quantitative estimate of drug-likeness (QED) is 0.907. The molecule has 0 aromatic heterocycles. The zero-order valence-corrected chi connectivity index (χ0v) is 12.8. The fraction of sp³-hybridized carbons (Fsp3) is 0.625. The first-order valence-electron chi connectivity index (χ1n) is 7.39. The van der Waals surface area contributed by atoms with Crippen molar-refractivity contribution in [2.24, 2.45) is 11.7 Å². The number of anilines is 1. The molecule has 106 valence electrons. The average Bonchev–Trinajstić information content (AvgIpc) is 2.40. The van der Waals surface area contributed by atoms with Gasteiger partial charge in [0.15, 0.2) is 0 Å². The van der Waals surface area contributed by atoms with Crippen LogP contribution in [-0.2, 0) is 6.42 Å². The lowest BCUT2D eigenvalue weighted by atomic mass is 9.96. The number of nitrogens with two attached hydrogens (primary N) is 1. The maximum Gasteiger partial charge on any atom is 0.0410 e. The zero-order valence-electron chi connectivity index (χ0n) is 12.0. The van der Waals surface area contributed by atoms with Crippen LogP contribution in [0.25, 0.3) is 0 Å². The van der Waals surface area contributed by atoms with E-state index in [4.69, 9.17) is 17.3 Å². The lowest BCUT2D eigenvalue weighted by Gasteiger charge is -2.34. The Morgan fingerprint density at radius 2 is 2.05 bits per heavy atom. The fourth-order valence-corrected chi connectivity index (χ4v) is 2.90. The Balaban J connectivity index is 2.18. The van der Waals surface area contributed by atoms with E-state index in [1.807, 2.05) is 6.07 Å². The average molecular weight is 281 g/mol. The highest BCUT2D eigenvalue weighted by molar-refractivity contribution is 6.30. The highest BCUT2D eigenvalue weighted by atomic mass is 35.5. The van der Waals surface area contributed by atoms with E-state index in [0.29, 0.717) is 0 Å². The zero-order chi connectivity index (χ0) is 13.8. The number of benzene rings is 1. The SMILES string of the molecule is CCC(N)Cc1cc(Cl)ccc1N1CCC(C)CC1. The molecule has 1 aromatic carbocycles. The Bertz CT molecular complexity index is 411. The molecule has 0 spiro atoms. The smallest absolute Gasteiger partial charge is 0.0410 e. The molecular formula is C16H25ClN2. The van der Waals surface area contributed by atoms with E-state index in [9.17, 15) is 0 Å². The molecule has 2 nitrogen and oxygen atoms in total.